The van der Waals surface area contributed by atoms with Crippen molar-refractivity contribution >= 4 is 28.8 Å². The summed E-state index contributed by atoms with van der Waals surface area (Å²) in [6, 6.07) is 9.14. The number of hydrogen-bond acceptors (Lipinski definition) is 3. The number of rotatable bonds is 4. The SMILES string of the molecule is O=C(NCc1cccc(CO)c1)c1sccc1Cl. The van der Waals surface area contributed by atoms with E-state index < -0.39 is 0 Å². The van der Waals surface area contributed by atoms with Gasteiger partial charge in [-0.1, -0.05) is 35.9 Å². The summed E-state index contributed by atoms with van der Waals surface area (Å²) in [4.78, 5) is 12.3. The van der Waals surface area contributed by atoms with E-state index in [0.717, 1.165) is 11.1 Å². The first kappa shape index (κ1) is 13.1. The van der Waals surface area contributed by atoms with Crippen molar-refractivity contribution in [2.75, 3.05) is 0 Å². The van der Waals surface area contributed by atoms with E-state index in [9.17, 15) is 4.79 Å². The maximum Gasteiger partial charge on any atom is 0.263 e. The van der Waals surface area contributed by atoms with E-state index in [2.05, 4.69) is 5.32 Å². The highest BCUT2D eigenvalue weighted by molar-refractivity contribution is 7.12. The number of nitrogens with one attached hydrogen (secondary N) is 1. The van der Waals surface area contributed by atoms with Gasteiger partial charge in [0.15, 0.2) is 0 Å². The largest absolute Gasteiger partial charge is 0.392 e. The number of aliphatic hydroxyl groups excluding tert-OH is 1. The van der Waals surface area contributed by atoms with Gasteiger partial charge in [-0.05, 0) is 22.6 Å². The molecule has 0 radical (unpaired) electrons. The third kappa shape index (κ3) is 3.10. The molecule has 1 aromatic carbocycles. The Morgan fingerprint density at radius 2 is 2.11 bits per heavy atom. The predicted molar refractivity (Wildman–Crippen MR) is 72.9 cm³/mol. The number of thiophene rings is 1. The molecular formula is C13H12ClNO2S. The molecule has 2 aromatic rings. The quantitative estimate of drug-likeness (QED) is 0.905. The van der Waals surface area contributed by atoms with Gasteiger partial charge in [0.05, 0.1) is 11.6 Å². The fourth-order valence-electron chi connectivity index (χ4n) is 1.56. The molecular weight excluding hydrogens is 270 g/mol. The van der Waals surface area contributed by atoms with Crippen molar-refractivity contribution in [3.8, 4) is 0 Å². The molecule has 18 heavy (non-hydrogen) atoms. The highest BCUT2D eigenvalue weighted by Gasteiger charge is 2.11. The third-order valence-corrected chi connectivity index (χ3v) is 3.79. The minimum atomic E-state index is -0.176. The monoisotopic (exact) mass is 281 g/mol. The number of carbonyl (C=O) groups excluding carboxylic acids is 1. The summed E-state index contributed by atoms with van der Waals surface area (Å²) in [5.74, 6) is -0.176. The van der Waals surface area contributed by atoms with Gasteiger partial charge < -0.3 is 10.4 Å². The maximum atomic E-state index is 11.8. The van der Waals surface area contributed by atoms with E-state index in [0.29, 0.717) is 16.4 Å². The summed E-state index contributed by atoms with van der Waals surface area (Å²) in [7, 11) is 0. The zero-order valence-corrected chi connectivity index (χ0v) is 11.1. The van der Waals surface area contributed by atoms with E-state index in [1.54, 1.807) is 11.4 Å². The second-order valence-corrected chi connectivity index (χ2v) is 5.08. The fourth-order valence-corrected chi connectivity index (χ4v) is 2.61. The zero-order valence-electron chi connectivity index (χ0n) is 9.52. The fraction of sp³-hybridized carbons (Fsp3) is 0.154. The van der Waals surface area contributed by atoms with Gasteiger partial charge in [0.2, 0.25) is 0 Å². The molecule has 0 aliphatic heterocycles. The second kappa shape index (κ2) is 6.00. The van der Waals surface area contributed by atoms with Crippen LogP contribution in [-0.4, -0.2) is 11.0 Å². The molecule has 0 bridgehead atoms. The standard InChI is InChI=1S/C13H12ClNO2S/c14-11-4-5-18-12(11)13(17)15-7-9-2-1-3-10(6-9)8-16/h1-6,16H,7-8H2,(H,15,17). The van der Waals surface area contributed by atoms with Crippen molar-refractivity contribution in [1.29, 1.82) is 0 Å². The van der Waals surface area contributed by atoms with Gasteiger partial charge >= 0.3 is 0 Å². The molecule has 1 aromatic heterocycles. The lowest BCUT2D eigenvalue weighted by atomic mass is 10.1. The highest BCUT2D eigenvalue weighted by Crippen LogP contribution is 2.21. The van der Waals surface area contributed by atoms with Crippen LogP contribution in [0.25, 0.3) is 0 Å². The van der Waals surface area contributed by atoms with Crippen LogP contribution in [0.4, 0.5) is 0 Å². The van der Waals surface area contributed by atoms with Gasteiger partial charge in [0.25, 0.3) is 5.91 Å². The average molecular weight is 282 g/mol. The van der Waals surface area contributed by atoms with Crippen molar-refractivity contribution in [3.05, 3.63) is 56.7 Å². The van der Waals surface area contributed by atoms with Crippen molar-refractivity contribution in [2.45, 2.75) is 13.2 Å². The lowest BCUT2D eigenvalue weighted by Gasteiger charge is -2.05. The van der Waals surface area contributed by atoms with Gasteiger partial charge in [-0.3, -0.25) is 4.79 Å². The molecule has 94 valence electrons. The Balaban J connectivity index is 1.99. The number of amides is 1. The van der Waals surface area contributed by atoms with Crippen LogP contribution in [-0.2, 0) is 13.2 Å². The van der Waals surface area contributed by atoms with Gasteiger partial charge in [-0.15, -0.1) is 11.3 Å². The number of carbonyl (C=O) groups is 1. The van der Waals surface area contributed by atoms with Crippen LogP contribution in [0.5, 0.6) is 0 Å². The Hall–Kier alpha value is -1.36. The minimum absolute atomic E-state index is 0.00145. The molecule has 2 rings (SSSR count). The van der Waals surface area contributed by atoms with Crippen molar-refractivity contribution in [3.63, 3.8) is 0 Å². The minimum Gasteiger partial charge on any atom is -0.392 e. The van der Waals surface area contributed by atoms with Crippen LogP contribution in [0.15, 0.2) is 35.7 Å². The molecule has 2 N–H and O–H groups in total. The first-order chi connectivity index (χ1) is 8.70. The van der Waals surface area contributed by atoms with E-state index >= 15 is 0 Å². The Bertz CT molecular complexity index is 553. The first-order valence-corrected chi connectivity index (χ1v) is 6.66. The smallest absolute Gasteiger partial charge is 0.263 e. The summed E-state index contributed by atoms with van der Waals surface area (Å²) in [6.07, 6.45) is 0. The summed E-state index contributed by atoms with van der Waals surface area (Å²) in [6.45, 7) is 0.416. The molecule has 0 fully saturated rings. The van der Waals surface area contributed by atoms with Crippen LogP contribution < -0.4 is 5.32 Å². The van der Waals surface area contributed by atoms with Crippen molar-refractivity contribution < 1.29 is 9.90 Å². The van der Waals surface area contributed by atoms with Gasteiger partial charge in [0, 0.05) is 6.54 Å². The Morgan fingerprint density at radius 3 is 2.78 bits per heavy atom. The van der Waals surface area contributed by atoms with Gasteiger partial charge in [-0.25, -0.2) is 0 Å². The van der Waals surface area contributed by atoms with Crippen LogP contribution in [0, 0.1) is 0 Å². The molecule has 0 aliphatic carbocycles. The Labute approximate surface area is 114 Å². The molecule has 1 amide bonds. The first-order valence-electron chi connectivity index (χ1n) is 5.40. The molecule has 0 spiro atoms. The molecule has 0 aliphatic rings. The van der Waals surface area contributed by atoms with E-state index in [-0.39, 0.29) is 12.5 Å². The van der Waals surface area contributed by atoms with Crippen molar-refractivity contribution in [2.24, 2.45) is 0 Å². The van der Waals surface area contributed by atoms with Gasteiger partial charge in [0.1, 0.15) is 4.88 Å². The molecule has 0 atom stereocenters. The summed E-state index contributed by atoms with van der Waals surface area (Å²) < 4.78 is 0. The van der Waals surface area contributed by atoms with E-state index in [4.69, 9.17) is 16.7 Å². The molecule has 3 nitrogen and oxygen atoms in total. The molecule has 5 heteroatoms. The molecule has 0 saturated carbocycles. The Kier molecular flexibility index (Phi) is 4.36. The van der Waals surface area contributed by atoms with Crippen LogP contribution in [0.1, 0.15) is 20.8 Å². The van der Waals surface area contributed by atoms with Crippen molar-refractivity contribution in [1.82, 2.24) is 5.32 Å². The predicted octanol–water partition coefficient (Wildman–Crippen LogP) is 2.82. The van der Waals surface area contributed by atoms with Crippen LogP contribution in [0.2, 0.25) is 5.02 Å². The maximum absolute atomic E-state index is 11.8. The Morgan fingerprint density at radius 1 is 1.33 bits per heavy atom. The molecule has 0 unspecified atom stereocenters. The topological polar surface area (TPSA) is 49.3 Å². The highest BCUT2D eigenvalue weighted by atomic mass is 35.5. The number of benzene rings is 1. The van der Waals surface area contributed by atoms with E-state index in [1.165, 1.54) is 11.3 Å². The number of aliphatic hydroxyl groups is 1. The van der Waals surface area contributed by atoms with E-state index in [1.807, 2.05) is 24.3 Å². The third-order valence-electron chi connectivity index (χ3n) is 2.45. The van der Waals surface area contributed by atoms with Crippen LogP contribution >= 0.6 is 22.9 Å². The second-order valence-electron chi connectivity index (χ2n) is 3.76. The average Bonchev–Trinajstić information content (AvgIpc) is 2.82. The van der Waals surface area contributed by atoms with Crippen LogP contribution in [0.3, 0.4) is 0 Å². The zero-order chi connectivity index (χ0) is 13.0. The normalized spacial score (nSPS) is 10.3. The summed E-state index contributed by atoms with van der Waals surface area (Å²) >= 11 is 7.20. The summed E-state index contributed by atoms with van der Waals surface area (Å²) in [5, 5.41) is 14.1. The molecule has 0 saturated heterocycles. The number of halogens is 1. The molecule has 1 heterocycles. The number of hydrogen-bond donors (Lipinski definition) is 2. The lowest BCUT2D eigenvalue weighted by molar-refractivity contribution is 0.0955. The lowest BCUT2D eigenvalue weighted by Crippen LogP contribution is -2.22. The van der Waals surface area contributed by atoms with Gasteiger partial charge in [-0.2, -0.15) is 0 Å². The summed E-state index contributed by atoms with van der Waals surface area (Å²) in [5.41, 5.74) is 1.78.